The van der Waals surface area contributed by atoms with Crippen molar-refractivity contribution in [3.8, 4) is 5.75 Å². The lowest BCUT2D eigenvalue weighted by molar-refractivity contribution is -0.140. The smallest absolute Gasteiger partial charge is 0.305 e. The highest BCUT2D eigenvalue weighted by molar-refractivity contribution is 5.97. The second-order valence-electron chi connectivity index (χ2n) is 7.12. The van der Waals surface area contributed by atoms with E-state index in [9.17, 15) is 14.7 Å². The summed E-state index contributed by atoms with van der Waals surface area (Å²) in [5.74, 6) is -0.158. The third-order valence-corrected chi connectivity index (χ3v) is 5.29. The number of allylic oxidation sites excluding steroid dienone is 2. The Bertz CT molecular complexity index is 866. The molecule has 0 aliphatic carbocycles. The fourth-order valence-corrected chi connectivity index (χ4v) is 3.84. The normalized spacial score (nSPS) is 18.9. The molecule has 0 saturated carbocycles. The maximum absolute atomic E-state index is 13.2. The number of carbonyl (C=O) groups excluding carboxylic acids is 2. The number of aromatic nitrogens is 1. The maximum atomic E-state index is 13.2. The summed E-state index contributed by atoms with van der Waals surface area (Å²) in [5, 5.41) is 10.1. The molecule has 1 amide bonds. The standard InChI is InChI=1S/C23H26N2O4/c1-29-21(27)12-4-2-3-8-17-13-15-25(22(17)18-9-7-14-24-16-18)23(28)19-10-5-6-11-20(19)26/h2-3,5-7,9-11,14,16-17,22,26H,4,8,12-13,15H2,1H3/t17-,22+/m1/s1. The third-order valence-electron chi connectivity index (χ3n) is 5.29. The van der Waals surface area contributed by atoms with Gasteiger partial charge < -0.3 is 14.7 Å². The van der Waals surface area contributed by atoms with Crippen molar-refractivity contribution in [1.29, 1.82) is 0 Å². The van der Waals surface area contributed by atoms with Crippen LogP contribution in [-0.4, -0.2) is 40.5 Å². The van der Waals surface area contributed by atoms with E-state index in [1.54, 1.807) is 30.6 Å². The van der Waals surface area contributed by atoms with E-state index in [1.807, 2.05) is 23.1 Å². The zero-order valence-corrected chi connectivity index (χ0v) is 16.5. The first kappa shape index (κ1) is 20.6. The van der Waals surface area contributed by atoms with Gasteiger partial charge in [-0.25, -0.2) is 0 Å². The number of nitrogens with zero attached hydrogens (tertiary/aromatic N) is 2. The van der Waals surface area contributed by atoms with E-state index >= 15 is 0 Å². The summed E-state index contributed by atoms with van der Waals surface area (Å²) >= 11 is 0. The molecule has 1 saturated heterocycles. The van der Waals surface area contributed by atoms with Crippen LogP contribution < -0.4 is 0 Å². The number of hydrogen-bond acceptors (Lipinski definition) is 5. The minimum Gasteiger partial charge on any atom is -0.507 e. The number of esters is 1. The summed E-state index contributed by atoms with van der Waals surface area (Å²) in [6.07, 6.45) is 10.2. The number of rotatable bonds is 7. The predicted octanol–water partition coefficient (Wildman–Crippen LogP) is 3.89. The van der Waals surface area contributed by atoms with Gasteiger partial charge in [0.05, 0.1) is 18.7 Å². The number of phenolic OH excluding ortho intramolecular Hbond substituents is 1. The van der Waals surface area contributed by atoms with Crippen LogP contribution in [0.3, 0.4) is 0 Å². The van der Waals surface area contributed by atoms with Crippen LogP contribution in [0, 0.1) is 5.92 Å². The molecule has 0 bridgehead atoms. The molecule has 1 aliphatic rings. The number of phenols is 1. The number of carbonyl (C=O) groups is 2. The lowest BCUT2D eigenvalue weighted by Crippen LogP contribution is -2.32. The largest absolute Gasteiger partial charge is 0.507 e. The van der Waals surface area contributed by atoms with Gasteiger partial charge in [0.1, 0.15) is 5.75 Å². The van der Waals surface area contributed by atoms with E-state index in [0.29, 0.717) is 24.9 Å². The molecule has 1 fully saturated rings. The molecule has 0 spiro atoms. The minimum absolute atomic E-state index is 0.00593. The van der Waals surface area contributed by atoms with Crippen LogP contribution in [-0.2, 0) is 9.53 Å². The van der Waals surface area contributed by atoms with Crippen LogP contribution >= 0.6 is 0 Å². The highest BCUT2D eigenvalue weighted by atomic mass is 16.5. The molecule has 29 heavy (non-hydrogen) atoms. The van der Waals surface area contributed by atoms with Gasteiger partial charge in [-0.05, 0) is 48.9 Å². The van der Waals surface area contributed by atoms with Gasteiger partial charge in [-0.15, -0.1) is 0 Å². The molecule has 1 aromatic carbocycles. The summed E-state index contributed by atoms with van der Waals surface area (Å²) in [5.41, 5.74) is 1.30. The Balaban J connectivity index is 1.76. The highest BCUT2D eigenvalue weighted by Crippen LogP contribution is 2.40. The minimum atomic E-state index is -0.219. The van der Waals surface area contributed by atoms with Crippen LogP contribution in [0.25, 0.3) is 0 Å². The van der Waals surface area contributed by atoms with Crippen molar-refractivity contribution in [2.45, 2.75) is 31.7 Å². The van der Waals surface area contributed by atoms with Crippen LogP contribution in [0.15, 0.2) is 60.9 Å². The van der Waals surface area contributed by atoms with Gasteiger partial charge in [-0.1, -0.05) is 30.4 Å². The molecule has 2 atom stereocenters. The summed E-state index contributed by atoms with van der Waals surface area (Å²) < 4.78 is 4.65. The first-order chi connectivity index (χ1) is 14.1. The number of benzene rings is 1. The van der Waals surface area contributed by atoms with E-state index in [1.165, 1.54) is 13.2 Å². The second-order valence-corrected chi connectivity index (χ2v) is 7.12. The summed E-state index contributed by atoms with van der Waals surface area (Å²) in [6, 6.07) is 10.4. The Morgan fingerprint density at radius 3 is 2.79 bits per heavy atom. The number of hydrogen-bond donors (Lipinski definition) is 1. The predicted molar refractivity (Wildman–Crippen MR) is 109 cm³/mol. The Kier molecular flexibility index (Phi) is 7.00. The molecular weight excluding hydrogens is 368 g/mol. The maximum Gasteiger partial charge on any atom is 0.305 e. The van der Waals surface area contributed by atoms with E-state index in [-0.39, 0.29) is 29.6 Å². The Morgan fingerprint density at radius 2 is 2.07 bits per heavy atom. The van der Waals surface area contributed by atoms with Gasteiger partial charge in [0.2, 0.25) is 0 Å². The van der Waals surface area contributed by atoms with Crippen LogP contribution in [0.2, 0.25) is 0 Å². The number of aromatic hydroxyl groups is 1. The highest BCUT2D eigenvalue weighted by Gasteiger charge is 2.38. The molecule has 0 radical (unpaired) electrons. The number of methoxy groups -OCH3 is 1. The van der Waals surface area contributed by atoms with Gasteiger partial charge in [0, 0.05) is 25.4 Å². The van der Waals surface area contributed by atoms with Crippen molar-refractivity contribution in [1.82, 2.24) is 9.88 Å². The second kappa shape index (κ2) is 9.87. The SMILES string of the molecule is COC(=O)CCC=CC[C@@H]1CCN(C(=O)c2ccccc2O)[C@@H]1c1cccnc1. The van der Waals surface area contributed by atoms with E-state index in [0.717, 1.165) is 18.4 Å². The monoisotopic (exact) mass is 394 g/mol. The zero-order chi connectivity index (χ0) is 20.6. The Labute approximate surface area is 170 Å². The van der Waals surface area contributed by atoms with Gasteiger partial charge in [-0.3, -0.25) is 14.6 Å². The topological polar surface area (TPSA) is 79.7 Å². The molecule has 1 aliphatic heterocycles. The van der Waals surface area contributed by atoms with E-state index in [2.05, 4.69) is 15.8 Å². The number of para-hydroxylation sites is 1. The van der Waals surface area contributed by atoms with Crippen molar-refractivity contribution < 1.29 is 19.4 Å². The molecule has 152 valence electrons. The van der Waals surface area contributed by atoms with Crippen molar-refractivity contribution in [2.75, 3.05) is 13.7 Å². The van der Waals surface area contributed by atoms with Crippen molar-refractivity contribution in [2.24, 2.45) is 5.92 Å². The quantitative estimate of drug-likeness (QED) is 0.569. The van der Waals surface area contributed by atoms with Gasteiger partial charge in [0.15, 0.2) is 0 Å². The third kappa shape index (κ3) is 5.02. The number of pyridine rings is 1. The average molecular weight is 394 g/mol. The lowest BCUT2D eigenvalue weighted by Gasteiger charge is -2.28. The number of amides is 1. The Hall–Kier alpha value is -3.15. The van der Waals surface area contributed by atoms with Crippen LogP contribution in [0.1, 0.15) is 47.6 Å². The number of ether oxygens (including phenoxy) is 1. The van der Waals surface area contributed by atoms with Gasteiger partial charge >= 0.3 is 5.97 Å². The van der Waals surface area contributed by atoms with Crippen LogP contribution in [0.4, 0.5) is 0 Å². The fraction of sp³-hybridized carbons (Fsp3) is 0.348. The fourth-order valence-electron chi connectivity index (χ4n) is 3.84. The molecule has 3 rings (SSSR count). The average Bonchev–Trinajstić information content (AvgIpc) is 3.17. The summed E-state index contributed by atoms with van der Waals surface area (Å²) in [4.78, 5) is 30.4. The van der Waals surface area contributed by atoms with E-state index < -0.39 is 0 Å². The van der Waals surface area contributed by atoms with Crippen molar-refractivity contribution >= 4 is 11.9 Å². The van der Waals surface area contributed by atoms with E-state index in [4.69, 9.17) is 0 Å². The zero-order valence-electron chi connectivity index (χ0n) is 16.5. The first-order valence-corrected chi connectivity index (χ1v) is 9.82. The molecule has 2 aromatic rings. The molecular formula is C23H26N2O4. The lowest BCUT2D eigenvalue weighted by atomic mass is 9.91. The molecule has 1 N–H and O–H groups in total. The van der Waals surface area contributed by atoms with Crippen molar-refractivity contribution in [3.63, 3.8) is 0 Å². The molecule has 6 nitrogen and oxygen atoms in total. The molecule has 2 heterocycles. The summed E-state index contributed by atoms with van der Waals surface area (Å²) in [7, 11) is 1.39. The number of likely N-dealkylation sites (tertiary alicyclic amines) is 1. The molecule has 6 heteroatoms. The van der Waals surface area contributed by atoms with Gasteiger partial charge in [0.25, 0.3) is 5.91 Å². The summed E-state index contributed by atoms with van der Waals surface area (Å²) in [6.45, 7) is 0.618. The Morgan fingerprint density at radius 1 is 1.24 bits per heavy atom. The molecule has 0 unspecified atom stereocenters. The van der Waals surface area contributed by atoms with Crippen molar-refractivity contribution in [3.05, 3.63) is 72.1 Å². The first-order valence-electron chi connectivity index (χ1n) is 9.82. The van der Waals surface area contributed by atoms with Gasteiger partial charge in [-0.2, -0.15) is 0 Å². The molecule has 1 aromatic heterocycles. The van der Waals surface area contributed by atoms with Crippen LogP contribution in [0.5, 0.6) is 5.75 Å².